The first kappa shape index (κ1) is 15.7. The minimum atomic E-state index is -4.73. The number of hydrogen-bond donors (Lipinski definition) is 1. The molecular formula is C11H12ClF4N3. The van der Waals surface area contributed by atoms with Crippen LogP contribution < -0.4 is 5.73 Å². The quantitative estimate of drug-likeness (QED) is 0.822. The summed E-state index contributed by atoms with van der Waals surface area (Å²) in [5.41, 5.74) is 2.79. The Morgan fingerprint density at radius 1 is 1.26 bits per heavy atom. The summed E-state index contributed by atoms with van der Waals surface area (Å²) in [5.74, 6) is -1.02. The maximum atomic E-state index is 13.6. The van der Waals surface area contributed by atoms with Crippen LogP contribution in [0.4, 0.5) is 17.6 Å². The van der Waals surface area contributed by atoms with E-state index in [1.54, 1.807) is 0 Å². The van der Waals surface area contributed by atoms with Gasteiger partial charge in [-0.3, -0.25) is 4.40 Å². The molecule has 0 unspecified atom stereocenters. The van der Waals surface area contributed by atoms with Crippen molar-refractivity contribution in [1.29, 1.82) is 0 Å². The summed E-state index contributed by atoms with van der Waals surface area (Å²) in [5, 5.41) is 0. The normalized spacial score (nSPS) is 12.6. The molecule has 2 aromatic heterocycles. The van der Waals surface area contributed by atoms with Crippen molar-refractivity contribution >= 4 is 17.9 Å². The van der Waals surface area contributed by atoms with E-state index in [1.165, 1.54) is 26.1 Å². The molecule has 0 bridgehead atoms. The number of imidazole rings is 1. The molecule has 0 aromatic carbocycles. The van der Waals surface area contributed by atoms with Gasteiger partial charge in [-0.1, -0.05) is 0 Å². The molecule has 0 aliphatic carbocycles. The van der Waals surface area contributed by atoms with Crippen molar-refractivity contribution in [2.24, 2.45) is 5.73 Å². The van der Waals surface area contributed by atoms with Gasteiger partial charge >= 0.3 is 6.18 Å². The predicted molar refractivity (Wildman–Crippen MR) is 64.6 cm³/mol. The summed E-state index contributed by atoms with van der Waals surface area (Å²) >= 11 is 0. The van der Waals surface area contributed by atoms with E-state index in [2.05, 4.69) is 4.98 Å². The van der Waals surface area contributed by atoms with Crippen molar-refractivity contribution in [3.05, 3.63) is 35.7 Å². The fraction of sp³-hybridized carbons (Fsp3) is 0.364. The number of alkyl halides is 3. The Morgan fingerprint density at radius 3 is 2.32 bits per heavy atom. The van der Waals surface area contributed by atoms with Crippen LogP contribution in [0.1, 0.15) is 25.4 Å². The van der Waals surface area contributed by atoms with Gasteiger partial charge in [-0.25, -0.2) is 9.37 Å². The van der Waals surface area contributed by atoms with Crippen molar-refractivity contribution in [3.8, 4) is 0 Å². The number of nitrogens with zero attached hydrogens (tertiary/aromatic N) is 2. The van der Waals surface area contributed by atoms with Crippen LogP contribution in [0.25, 0.3) is 5.52 Å². The van der Waals surface area contributed by atoms with Crippen molar-refractivity contribution in [2.45, 2.75) is 25.6 Å². The highest BCUT2D eigenvalue weighted by Gasteiger charge is 2.39. The average Bonchev–Trinajstić information content (AvgIpc) is 2.56. The molecule has 0 amide bonds. The highest BCUT2D eigenvalue weighted by Crippen LogP contribution is 2.34. The van der Waals surface area contributed by atoms with Crippen LogP contribution in [-0.4, -0.2) is 9.38 Å². The van der Waals surface area contributed by atoms with Gasteiger partial charge in [0.25, 0.3) is 0 Å². The van der Waals surface area contributed by atoms with Crippen LogP contribution in [-0.2, 0) is 11.7 Å². The number of rotatable bonds is 1. The van der Waals surface area contributed by atoms with E-state index in [1.807, 2.05) is 0 Å². The summed E-state index contributed by atoms with van der Waals surface area (Å²) < 4.78 is 53.1. The van der Waals surface area contributed by atoms with Gasteiger partial charge in [0.1, 0.15) is 17.2 Å². The summed E-state index contributed by atoms with van der Waals surface area (Å²) in [6.07, 6.45) is -3.42. The molecule has 0 radical (unpaired) electrons. The molecule has 3 nitrogen and oxygen atoms in total. The van der Waals surface area contributed by atoms with E-state index in [-0.39, 0.29) is 18.2 Å². The predicted octanol–water partition coefficient (Wildman–Crippen LogP) is 3.11. The third kappa shape index (κ3) is 2.66. The Morgan fingerprint density at radius 2 is 1.84 bits per heavy atom. The zero-order chi connectivity index (χ0) is 13.7. The van der Waals surface area contributed by atoms with Gasteiger partial charge in [-0.15, -0.1) is 12.4 Å². The van der Waals surface area contributed by atoms with Gasteiger partial charge < -0.3 is 5.73 Å². The fourth-order valence-electron chi connectivity index (χ4n) is 1.75. The lowest BCUT2D eigenvalue weighted by Crippen LogP contribution is -2.31. The largest absolute Gasteiger partial charge is 0.435 e. The Kier molecular flexibility index (Phi) is 3.84. The van der Waals surface area contributed by atoms with Gasteiger partial charge in [0.2, 0.25) is 0 Å². The zero-order valence-corrected chi connectivity index (χ0v) is 10.9. The number of halogens is 5. The Labute approximate surface area is 112 Å². The minimum Gasteiger partial charge on any atom is -0.319 e. The second-order valence-corrected chi connectivity index (χ2v) is 4.58. The number of fused-ring (bicyclic) bond motifs is 1. The van der Waals surface area contributed by atoms with Crippen molar-refractivity contribution < 1.29 is 17.6 Å². The molecule has 0 spiro atoms. The fourth-order valence-corrected chi connectivity index (χ4v) is 1.75. The van der Waals surface area contributed by atoms with Crippen LogP contribution in [0, 0.1) is 5.82 Å². The molecule has 0 fully saturated rings. The molecule has 0 saturated heterocycles. The second kappa shape index (κ2) is 4.64. The molecule has 2 heterocycles. The van der Waals surface area contributed by atoms with Crippen LogP contribution in [0.3, 0.4) is 0 Å². The number of hydrogen-bond acceptors (Lipinski definition) is 2. The number of pyridine rings is 1. The Hall–Kier alpha value is -1.34. The summed E-state index contributed by atoms with van der Waals surface area (Å²) in [6.45, 7) is 3.01. The first-order valence-corrected chi connectivity index (χ1v) is 5.15. The standard InChI is InChI=1S/C11H11F4N3.ClH/c1-10(2,16)9-17-8(11(13,14)15)7-6(12)4-3-5-18(7)9;/h3-5H,16H2,1-2H3;1H. The molecule has 0 saturated carbocycles. The van der Waals surface area contributed by atoms with Crippen molar-refractivity contribution in [3.63, 3.8) is 0 Å². The van der Waals surface area contributed by atoms with Gasteiger partial charge in [-0.2, -0.15) is 13.2 Å². The molecule has 2 N–H and O–H groups in total. The highest BCUT2D eigenvalue weighted by atomic mass is 35.5. The Balaban J connectivity index is 0.00000180. The van der Waals surface area contributed by atoms with Gasteiger partial charge in [0, 0.05) is 6.20 Å². The van der Waals surface area contributed by atoms with Crippen molar-refractivity contribution in [2.75, 3.05) is 0 Å². The molecule has 106 valence electrons. The van der Waals surface area contributed by atoms with E-state index in [4.69, 9.17) is 5.73 Å². The molecule has 0 aliphatic rings. The molecular weight excluding hydrogens is 286 g/mol. The molecule has 8 heteroatoms. The molecule has 19 heavy (non-hydrogen) atoms. The first-order valence-electron chi connectivity index (χ1n) is 5.15. The lowest BCUT2D eigenvalue weighted by Gasteiger charge is -2.16. The van der Waals surface area contributed by atoms with Gasteiger partial charge in [-0.05, 0) is 26.0 Å². The van der Waals surface area contributed by atoms with E-state index < -0.39 is 28.7 Å². The van der Waals surface area contributed by atoms with E-state index in [0.717, 1.165) is 10.5 Å². The monoisotopic (exact) mass is 297 g/mol. The number of nitrogens with two attached hydrogens (primary N) is 1. The summed E-state index contributed by atoms with van der Waals surface area (Å²) in [7, 11) is 0. The lowest BCUT2D eigenvalue weighted by molar-refractivity contribution is -0.139. The van der Waals surface area contributed by atoms with E-state index in [0.29, 0.717) is 0 Å². The molecule has 2 aromatic rings. The Bertz CT molecular complexity index is 598. The highest BCUT2D eigenvalue weighted by molar-refractivity contribution is 5.85. The first-order chi connectivity index (χ1) is 8.12. The van der Waals surface area contributed by atoms with E-state index >= 15 is 0 Å². The van der Waals surface area contributed by atoms with Crippen LogP contribution in [0.15, 0.2) is 18.3 Å². The maximum absolute atomic E-state index is 13.6. The average molecular weight is 298 g/mol. The third-order valence-electron chi connectivity index (χ3n) is 2.46. The van der Waals surface area contributed by atoms with Crippen LogP contribution in [0.2, 0.25) is 0 Å². The summed E-state index contributed by atoms with van der Waals surface area (Å²) in [4.78, 5) is 3.47. The smallest absolute Gasteiger partial charge is 0.319 e. The minimum absolute atomic E-state index is 0. The van der Waals surface area contributed by atoms with Crippen LogP contribution in [0.5, 0.6) is 0 Å². The summed E-state index contributed by atoms with van der Waals surface area (Å²) in [6, 6.07) is 2.26. The van der Waals surface area contributed by atoms with Gasteiger partial charge in [0.15, 0.2) is 5.69 Å². The van der Waals surface area contributed by atoms with Crippen molar-refractivity contribution in [1.82, 2.24) is 9.38 Å². The molecule has 0 aliphatic heterocycles. The third-order valence-corrected chi connectivity index (χ3v) is 2.46. The number of aromatic nitrogens is 2. The maximum Gasteiger partial charge on any atom is 0.435 e. The zero-order valence-electron chi connectivity index (χ0n) is 10.1. The van der Waals surface area contributed by atoms with Crippen LogP contribution >= 0.6 is 12.4 Å². The lowest BCUT2D eigenvalue weighted by atomic mass is 10.1. The SMILES string of the molecule is CC(C)(N)c1nc(C(F)(F)F)c2c(F)cccn12.Cl. The van der Waals surface area contributed by atoms with Gasteiger partial charge in [0.05, 0.1) is 5.54 Å². The van der Waals surface area contributed by atoms with E-state index in [9.17, 15) is 17.6 Å². The topological polar surface area (TPSA) is 43.3 Å². The second-order valence-electron chi connectivity index (χ2n) is 4.58. The molecule has 2 rings (SSSR count). The molecule has 0 atom stereocenters.